The molecule has 3 rings (SSSR count). The van der Waals surface area contributed by atoms with Crippen molar-refractivity contribution in [3.8, 4) is 0 Å². The first-order valence-electron chi connectivity index (χ1n) is 7.83. The van der Waals surface area contributed by atoms with E-state index >= 15 is 0 Å². The fraction of sp³-hybridized carbons (Fsp3) is 0.562. The third-order valence-corrected chi connectivity index (χ3v) is 4.48. The van der Waals surface area contributed by atoms with E-state index in [1.807, 2.05) is 31.3 Å². The second-order valence-electron chi connectivity index (χ2n) is 6.30. The van der Waals surface area contributed by atoms with Gasteiger partial charge in [0.25, 0.3) is 5.91 Å². The molecule has 1 atom stereocenters. The number of carbonyl (C=O) groups is 1. The molecule has 0 bridgehead atoms. The molecule has 0 spiro atoms. The highest BCUT2D eigenvalue weighted by Gasteiger charge is 2.27. The first-order chi connectivity index (χ1) is 10.5. The lowest BCUT2D eigenvalue weighted by Gasteiger charge is -2.32. The van der Waals surface area contributed by atoms with E-state index in [0.29, 0.717) is 5.92 Å². The number of piperidine rings is 1. The van der Waals surface area contributed by atoms with Gasteiger partial charge in [-0.25, -0.2) is 0 Å². The molecule has 0 radical (unpaired) electrons. The van der Waals surface area contributed by atoms with E-state index in [0.717, 1.165) is 43.6 Å². The van der Waals surface area contributed by atoms with Crippen LogP contribution in [0.15, 0.2) is 12.4 Å². The van der Waals surface area contributed by atoms with Crippen LogP contribution in [-0.2, 0) is 13.5 Å². The summed E-state index contributed by atoms with van der Waals surface area (Å²) in [5.74, 6) is 0.602. The smallest absolute Gasteiger partial charge is 0.257 e. The van der Waals surface area contributed by atoms with Crippen LogP contribution in [0, 0.1) is 19.8 Å². The quantitative estimate of drug-likeness (QED) is 0.941. The summed E-state index contributed by atoms with van der Waals surface area (Å²) in [4.78, 5) is 14.7. The number of aromatic amines is 1. The van der Waals surface area contributed by atoms with Crippen molar-refractivity contribution >= 4 is 5.91 Å². The maximum atomic E-state index is 12.7. The predicted octanol–water partition coefficient (Wildman–Crippen LogP) is 1.85. The van der Waals surface area contributed by atoms with Crippen molar-refractivity contribution in [1.29, 1.82) is 0 Å². The molecule has 2 aromatic rings. The predicted molar refractivity (Wildman–Crippen MR) is 83.6 cm³/mol. The van der Waals surface area contributed by atoms with Crippen LogP contribution in [-0.4, -0.2) is 43.9 Å². The molecule has 1 aliphatic rings. The van der Waals surface area contributed by atoms with Crippen molar-refractivity contribution in [2.75, 3.05) is 13.1 Å². The van der Waals surface area contributed by atoms with Gasteiger partial charge in [-0.15, -0.1) is 0 Å². The van der Waals surface area contributed by atoms with Gasteiger partial charge in [-0.05, 0) is 44.6 Å². The molecule has 1 saturated heterocycles. The number of aryl methyl sites for hydroxylation is 3. The molecule has 0 aliphatic carbocycles. The van der Waals surface area contributed by atoms with Crippen LogP contribution in [0.3, 0.4) is 0 Å². The molecule has 1 unspecified atom stereocenters. The van der Waals surface area contributed by atoms with E-state index in [1.165, 1.54) is 11.3 Å². The maximum Gasteiger partial charge on any atom is 0.257 e. The van der Waals surface area contributed by atoms with E-state index in [-0.39, 0.29) is 5.91 Å². The number of likely N-dealkylation sites (tertiary alicyclic amines) is 1. The number of carbonyl (C=O) groups excluding carboxylic acids is 1. The zero-order valence-electron chi connectivity index (χ0n) is 13.5. The van der Waals surface area contributed by atoms with Crippen molar-refractivity contribution in [2.24, 2.45) is 13.0 Å². The Hall–Kier alpha value is -2.11. The van der Waals surface area contributed by atoms with Gasteiger partial charge in [0, 0.05) is 32.0 Å². The SMILES string of the molecule is Cc1cn[nH]c1CC1CCCN(C(=O)c2cn(C)nc2C)C1. The van der Waals surface area contributed by atoms with Gasteiger partial charge < -0.3 is 4.90 Å². The molecule has 118 valence electrons. The Bertz CT molecular complexity index is 672. The Labute approximate surface area is 130 Å². The van der Waals surface area contributed by atoms with Crippen molar-refractivity contribution in [2.45, 2.75) is 33.1 Å². The standard InChI is InChI=1S/C16H23N5O/c1-11-8-17-18-15(11)7-13-5-4-6-21(9-13)16(22)14-10-20(3)19-12(14)2/h8,10,13H,4-7,9H2,1-3H3,(H,17,18). The van der Waals surface area contributed by atoms with E-state index in [2.05, 4.69) is 22.2 Å². The molecule has 3 heterocycles. The van der Waals surface area contributed by atoms with Crippen molar-refractivity contribution in [3.05, 3.63) is 34.9 Å². The number of nitrogens with one attached hydrogen (secondary N) is 1. The molecule has 1 aliphatic heterocycles. The largest absolute Gasteiger partial charge is 0.338 e. The summed E-state index contributed by atoms with van der Waals surface area (Å²) in [6.45, 7) is 5.61. The van der Waals surface area contributed by atoms with Crippen molar-refractivity contribution in [1.82, 2.24) is 24.9 Å². The minimum Gasteiger partial charge on any atom is -0.338 e. The van der Waals surface area contributed by atoms with Gasteiger partial charge in [-0.2, -0.15) is 10.2 Å². The summed E-state index contributed by atoms with van der Waals surface area (Å²) in [6, 6.07) is 0. The van der Waals surface area contributed by atoms with Crippen LogP contribution in [0.4, 0.5) is 0 Å². The third kappa shape index (κ3) is 2.91. The number of hydrogen-bond acceptors (Lipinski definition) is 3. The van der Waals surface area contributed by atoms with Gasteiger partial charge >= 0.3 is 0 Å². The van der Waals surface area contributed by atoms with E-state index in [1.54, 1.807) is 4.68 Å². The molecule has 1 N–H and O–H groups in total. The highest BCUT2D eigenvalue weighted by atomic mass is 16.2. The average Bonchev–Trinajstić information content (AvgIpc) is 3.04. The molecule has 6 heteroatoms. The molecule has 1 fully saturated rings. The van der Waals surface area contributed by atoms with Crippen molar-refractivity contribution in [3.63, 3.8) is 0 Å². The van der Waals surface area contributed by atoms with Gasteiger partial charge in [0.15, 0.2) is 0 Å². The van der Waals surface area contributed by atoms with E-state index in [9.17, 15) is 4.79 Å². The summed E-state index contributed by atoms with van der Waals surface area (Å²) in [7, 11) is 1.85. The second kappa shape index (κ2) is 5.94. The van der Waals surface area contributed by atoms with E-state index in [4.69, 9.17) is 0 Å². The van der Waals surface area contributed by atoms with Crippen LogP contribution >= 0.6 is 0 Å². The van der Waals surface area contributed by atoms with Crippen LogP contribution in [0.5, 0.6) is 0 Å². The number of nitrogens with zero attached hydrogens (tertiary/aromatic N) is 4. The average molecular weight is 301 g/mol. The van der Waals surface area contributed by atoms with Gasteiger partial charge in [0.1, 0.15) is 0 Å². The van der Waals surface area contributed by atoms with Crippen LogP contribution in [0.25, 0.3) is 0 Å². The molecular weight excluding hydrogens is 278 g/mol. The molecule has 0 aromatic carbocycles. The van der Waals surface area contributed by atoms with E-state index < -0.39 is 0 Å². The highest BCUT2D eigenvalue weighted by Crippen LogP contribution is 2.23. The van der Waals surface area contributed by atoms with Gasteiger partial charge in [-0.3, -0.25) is 14.6 Å². The summed E-state index contributed by atoms with van der Waals surface area (Å²) in [5.41, 5.74) is 3.92. The first-order valence-corrected chi connectivity index (χ1v) is 7.83. The lowest BCUT2D eigenvalue weighted by molar-refractivity contribution is 0.0672. The molecule has 1 amide bonds. The third-order valence-electron chi connectivity index (χ3n) is 4.48. The summed E-state index contributed by atoms with van der Waals surface area (Å²) < 4.78 is 1.71. The normalized spacial score (nSPS) is 18.7. The molecule has 0 saturated carbocycles. The summed E-state index contributed by atoms with van der Waals surface area (Å²) in [6.07, 6.45) is 6.86. The fourth-order valence-electron chi connectivity index (χ4n) is 3.26. The minimum atomic E-state index is 0.108. The number of rotatable bonds is 3. The number of hydrogen-bond donors (Lipinski definition) is 1. The van der Waals surface area contributed by atoms with Gasteiger partial charge in [0.05, 0.1) is 17.5 Å². The fourth-order valence-corrected chi connectivity index (χ4v) is 3.26. The lowest BCUT2D eigenvalue weighted by atomic mass is 9.92. The number of amides is 1. The van der Waals surface area contributed by atoms with Crippen LogP contribution < -0.4 is 0 Å². The second-order valence-corrected chi connectivity index (χ2v) is 6.30. The highest BCUT2D eigenvalue weighted by molar-refractivity contribution is 5.95. The monoisotopic (exact) mass is 301 g/mol. The zero-order chi connectivity index (χ0) is 15.7. The van der Waals surface area contributed by atoms with Gasteiger partial charge in [-0.1, -0.05) is 0 Å². The Morgan fingerprint density at radius 1 is 1.45 bits per heavy atom. The van der Waals surface area contributed by atoms with Crippen LogP contribution in [0.1, 0.15) is 40.2 Å². The molecule has 22 heavy (non-hydrogen) atoms. The molecule has 6 nitrogen and oxygen atoms in total. The maximum absolute atomic E-state index is 12.7. The van der Waals surface area contributed by atoms with Crippen LogP contribution in [0.2, 0.25) is 0 Å². The molecule has 2 aromatic heterocycles. The number of aromatic nitrogens is 4. The Kier molecular flexibility index (Phi) is 4.00. The minimum absolute atomic E-state index is 0.108. The Morgan fingerprint density at radius 2 is 2.27 bits per heavy atom. The summed E-state index contributed by atoms with van der Waals surface area (Å²) >= 11 is 0. The summed E-state index contributed by atoms with van der Waals surface area (Å²) in [5, 5.41) is 11.4. The van der Waals surface area contributed by atoms with Gasteiger partial charge in [0.2, 0.25) is 0 Å². The lowest BCUT2D eigenvalue weighted by Crippen LogP contribution is -2.40. The zero-order valence-corrected chi connectivity index (χ0v) is 13.5. The Morgan fingerprint density at radius 3 is 2.91 bits per heavy atom. The van der Waals surface area contributed by atoms with Crippen molar-refractivity contribution < 1.29 is 4.79 Å². The topological polar surface area (TPSA) is 66.8 Å². The first kappa shape index (κ1) is 14.8. The number of H-pyrrole nitrogens is 1. The molecular formula is C16H23N5O. The Balaban J connectivity index is 1.69.